The highest BCUT2D eigenvalue weighted by Gasteiger charge is 2.18. The number of benzene rings is 1. The van der Waals surface area contributed by atoms with Crippen LogP contribution in [0.1, 0.15) is 18.4 Å². The molecule has 3 rings (SSSR count). The lowest BCUT2D eigenvalue weighted by molar-refractivity contribution is 0.145. The van der Waals surface area contributed by atoms with E-state index in [0.717, 1.165) is 44.2 Å². The lowest BCUT2D eigenvalue weighted by Crippen LogP contribution is -2.36. The number of aliphatic hydroxyl groups excluding tert-OH is 1. The number of hydrogen-bond donors (Lipinski definition) is 1. The van der Waals surface area contributed by atoms with Crippen molar-refractivity contribution in [3.8, 4) is 0 Å². The topological polar surface area (TPSA) is 52.5 Å². The smallest absolute Gasteiger partial charge is 0.227 e. The minimum Gasteiger partial charge on any atom is -0.393 e. The molecule has 0 saturated carbocycles. The van der Waals surface area contributed by atoms with Crippen LogP contribution in [-0.2, 0) is 0 Å². The van der Waals surface area contributed by atoms with E-state index in [1.54, 1.807) is 6.20 Å². The van der Waals surface area contributed by atoms with Crippen LogP contribution in [0, 0.1) is 0 Å². The van der Waals surface area contributed by atoms with Gasteiger partial charge in [-0.1, -0.05) is 42.5 Å². The van der Waals surface area contributed by atoms with Gasteiger partial charge in [-0.25, -0.2) is 4.98 Å². The van der Waals surface area contributed by atoms with Crippen molar-refractivity contribution in [3.05, 3.63) is 54.2 Å². The van der Waals surface area contributed by atoms with Gasteiger partial charge in [0.1, 0.15) is 5.82 Å². The van der Waals surface area contributed by atoms with Crippen molar-refractivity contribution in [2.45, 2.75) is 18.9 Å². The van der Waals surface area contributed by atoms with Gasteiger partial charge in [-0.15, -0.1) is 0 Å². The van der Waals surface area contributed by atoms with Crippen molar-refractivity contribution in [2.75, 3.05) is 36.5 Å². The van der Waals surface area contributed by atoms with Crippen LogP contribution >= 0.6 is 0 Å². The molecule has 1 fully saturated rings. The van der Waals surface area contributed by atoms with E-state index in [-0.39, 0.29) is 6.10 Å². The summed E-state index contributed by atoms with van der Waals surface area (Å²) in [5.74, 6) is 1.65. The zero-order valence-corrected chi connectivity index (χ0v) is 14.0. The fraction of sp³-hybridized carbons (Fsp3) is 0.368. The molecule has 126 valence electrons. The Kier molecular flexibility index (Phi) is 5.43. The number of anilines is 2. The van der Waals surface area contributed by atoms with E-state index < -0.39 is 0 Å². The molecular formula is C19H24N4O. The summed E-state index contributed by atoms with van der Waals surface area (Å²) in [5, 5.41) is 9.63. The maximum Gasteiger partial charge on any atom is 0.227 e. The summed E-state index contributed by atoms with van der Waals surface area (Å²) in [6, 6.07) is 12.2. The van der Waals surface area contributed by atoms with E-state index >= 15 is 0 Å². The van der Waals surface area contributed by atoms with Crippen LogP contribution in [0.5, 0.6) is 0 Å². The minimum atomic E-state index is -0.173. The Hall–Kier alpha value is -2.40. The van der Waals surface area contributed by atoms with Gasteiger partial charge in [0, 0.05) is 32.9 Å². The maximum atomic E-state index is 9.63. The molecule has 2 heterocycles. The Labute approximate surface area is 143 Å². The second kappa shape index (κ2) is 7.93. The summed E-state index contributed by atoms with van der Waals surface area (Å²) in [6.45, 7) is 2.43. The predicted molar refractivity (Wildman–Crippen MR) is 98.2 cm³/mol. The van der Waals surface area contributed by atoms with Gasteiger partial charge in [-0.2, -0.15) is 4.98 Å². The van der Waals surface area contributed by atoms with Crippen molar-refractivity contribution in [1.29, 1.82) is 0 Å². The fourth-order valence-corrected chi connectivity index (χ4v) is 2.79. The summed E-state index contributed by atoms with van der Waals surface area (Å²) >= 11 is 0. The van der Waals surface area contributed by atoms with Gasteiger partial charge in [0.05, 0.1) is 6.10 Å². The highest BCUT2D eigenvalue weighted by Crippen LogP contribution is 2.19. The van der Waals surface area contributed by atoms with Crippen molar-refractivity contribution in [3.63, 3.8) is 0 Å². The molecule has 2 aromatic rings. The number of rotatable bonds is 5. The highest BCUT2D eigenvalue weighted by molar-refractivity contribution is 5.50. The standard InChI is InChI=1S/C19H24N4O/c1-22(13-5-8-16-6-3-2-4-7-16)19-20-12-9-18(21-19)23-14-10-17(24)11-15-23/h2-9,12,17,24H,10-11,13-15H2,1H3. The second-order valence-corrected chi connectivity index (χ2v) is 6.13. The van der Waals surface area contributed by atoms with Crippen LogP contribution < -0.4 is 9.80 Å². The van der Waals surface area contributed by atoms with Gasteiger partial charge in [-0.3, -0.25) is 0 Å². The molecule has 0 spiro atoms. The Morgan fingerprint density at radius 1 is 1.21 bits per heavy atom. The van der Waals surface area contributed by atoms with E-state index in [1.165, 1.54) is 5.56 Å². The Balaban J connectivity index is 1.61. The second-order valence-electron chi connectivity index (χ2n) is 6.13. The number of aromatic nitrogens is 2. The lowest BCUT2D eigenvalue weighted by Gasteiger charge is -2.30. The average molecular weight is 324 g/mol. The molecule has 0 bridgehead atoms. The monoisotopic (exact) mass is 324 g/mol. The first kappa shape index (κ1) is 16.5. The van der Waals surface area contributed by atoms with E-state index in [0.29, 0.717) is 0 Å². The molecule has 0 amide bonds. The third-order valence-corrected chi connectivity index (χ3v) is 4.25. The van der Waals surface area contributed by atoms with Gasteiger partial charge in [0.15, 0.2) is 0 Å². The van der Waals surface area contributed by atoms with E-state index in [9.17, 15) is 5.11 Å². The van der Waals surface area contributed by atoms with Gasteiger partial charge < -0.3 is 14.9 Å². The van der Waals surface area contributed by atoms with Crippen LogP contribution in [0.2, 0.25) is 0 Å². The van der Waals surface area contributed by atoms with Gasteiger partial charge in [-0.05, 0) is 24.5 Å². The van der Waals surface area contributed by atoms with Gasteiger partial charge in [0.25, 0.3) is 0 Å². The van der Waals surface area contributed by atoms with Crippen LogP contribution in [-0.4, -0.2) is 47.9 Å². The van der Waals surface area contributed by atoms with Crippen molar-refractivity contribution < 1.29 is 5.11 Å². The van der Waals surface area contributed by atoms with Crippen molar-refractivity contribution in [1.82, 2.24) is 9.97 Å². The molecule has 0 atom stereocenters. The molecule has 0 unspecified atom stereocenters. The Bertz CT molecular complexity index is 666. The molecule has 24 heavy (non-hydrogen) atoms. The first-order valence-electron chi connectivity index (χ1n) is 8.41. The third kappa shape index (κ3) is 4.32. The molecule has 5 nitrogen and oxygen atoms in total. The normalized spacial score (nSPS) is 15.8. The molecule has 0 radical (unpaired) electrons. The minimum absolute atomic E-state index is 0.173. The first-order chi connectivity index (χ1) is 11.7. The zero-order chi connectivity index (χ0) is 16.8. The van der Waals surface area contributed by atoms with Gasteiger partial charge in [0.2, 0.25) is 5.95 Å². The number of aliphatic hydroxyl groups is 1. The highest BCUT2D eigenvalue weighted by atomic mass is 16.3. The first-order valence-corrected chi connectivity index (χ1v) is 8.41. The van der Waals surface area contributed by atoms with Crippen LogP contribution in [0.4, 0.5) is 11.8 Å². The van der Waals surface area contributed by atoms with Crippen LogP contribution in [0.15, 0.2) is 48.7 Å². The lowest BCUT2D eigenvalue weighted by atomic mass is 10.1. The van der Waals surface area contributed by atoms with Crippen molar-refractivity contribution >= 4 is 17.8 Å². The molecule has 1 aliphatic rings. The number of piperidine rings is 1. The molecule has 1 N–H and O–H groups in total. The zero-order valence-electron chi connectivity index (χ0n) is 14.0. The Morgan fingerprint density at radius 2 is 1.96 bits per heavy atom. The summed E-state index contributed by atoms with van der Waals surface area (Å²) in [4.78, 5) is 13.3. The maximum absolute atomic E-state index is 9.63. The summed E-state index contributed by atoms with van der Waals surface area (Å²) in [6.07, 6.45) is 7.45. The quantitative estimate of drug-likeness (QED) is 0.916. The van der Waals surface area contributed by atoms with E-state index in [1.807, 2.05) is 36.2 Å². The third-order valence-electron chi connectivity index (χ3n) is 4.25. The summed E-state index contributed by atoms with van der Waals surface area (Å²) < 4.78 is 0. The predicted octanol–water partition coefficient (Wildman–Crippen LogP) is 2.59. The largest absolute Gasteiger partial charge is 0.393 e. The van der Waals surface area contributed by atoms with Gasteiger partial charge >= 0.3 is 0 Å². The average Bonchev–Trinajstić information content (AvgIpc) is 2.63. The van der Waals surface area contributed by atoms with Crippen LogP contribution in [0.25, 0.3) is 6.08 Å². The molecule has 5 heteroatoms. The number of hydrogen-bond acceptors (Lipinski definition) is 5. The van der Waals surface area contributed by atoms with E-state index in [4.69, 9.17) is 0 Å². The van der Waals surface area contributed by atoms with Crippen molar-refractivity contribution in [2.24, 2.45) is 0 Å². The molecule has 1 aromatic heterocycles. The molecule has 1 saturated heterocycles. The van der Waals surface area contributed by atoms with Crippen LogP contribution in [0.3, 0.4) is 0 Å². The molecular weight excluding hydrogens is 300 g/mol. The molecule has 1 aromatic carbocycles. The molecule has 1 aliphatic heterocycles. The Morgan fingerprint density at radius 3 is 2.71 bits per heavy atom. The SMILES string of the molecule is CN(CC=Cc1ccccc1)c1nccc(N2CCC(O)CC2)n1. The number of likely N-dealkylation sites (N-methyl/N-ethyl adjacent to an activating group) is 1. The van der Waals surface area contributed by atoms with E-state index in [2.05, 4.69) is 39.2 Å². The fourth-order valence-electron chi connectivity index (χ4n) is 2.79. The molecule has 0 aliphatic carbocycles. The summed E-state index contributed by atoms with van der Waals surface area (Å²) in [5.41, 5.74) is 1.19. The summed E-state index contributed by atoms with van der Waals surface area (Å²) in [7, 11) is 1.99. The number of nitrogens with zero attached hydrogens (tertiary/aromatic N) is 4.